The summed E-state index contributed by atoms with van der Waals surface area (Å²) in [7, 11) is 0. The molecule has 0 N–H and O–H groups in total. The molecule has 0 fully saturated rings. The summed E-state index contributed by atoms with van der Waals surface area (Å²) >= 11 is 0. The third kappa shape index (κ3) is 1.47. The van der Waals surface area contributed by atoms with Crippen LogP contribution in [0.5, 0.6) is 0 Å². The van der Waals surface area contributed by atoms with Gasteiger partial charge in [-0.25, -0.2) is 0 Å². The number of fused-ring (bicyclic) bond motifs is 1. The fraction of sp³-hybridized carbons (Fsp3) is 0.692. The average Bonchev–Trinajstić information content (AvgIpc) is 2.21. The summed E-state index contributed by atoms with van der Waals surface area (Å²) < 4.78 is 0. The van der Waals surface area contributed by atoms with Crippen molar-refractivity contribution in [2.75, 3.05) is 0 Å². The van der Waals surface area contributed by atoms with Gasteiger partial charge < -0.3 is 0 Å². The van der Waals surface area contributed by atoms with E-state index in [2.05, 4.69) is 27.7 Å². The van der Waals surface area contributed by atoms with Crippen LogP contribution in [0, 0.1) is 13.8 Å². The molecule has 1 heterocycles. The molecule has 0 radical (unpaired) electrons. The number of aromatic nitrogens is 2. The van der Waals surface area contributed by atoms with Gasteiger partial charge in [0, 0.05) is 10.8 Å². The molecule has 0 atom stereocenters. The van der Waals surface area contributed by atoms with Crippen LogP contribution in [0.1, 0.15) is 56.9 Å². The second-order valence-electron chi connectivity index (χ2n) is 6.04. The van der Waals surface area contributed by atoms with Crippen LogP contribution < -0.4 is 0 Å². The van der Waals surface area contributed by atoms with Crippen molar-refractivity contribution in [3.05, 3.63) is 22.8 Å². The van der Waals surface area contributed by atoms with E-state index in [0.29, 0.717) is 0 Å². The molecule has 15 heavy (non-hydrogen) atoms. The Morgan fingerprint density at radius 1 is 0.800 bits per heavy atom. The quantitative estimate of drug-likeness (QED) is 0.649. The van der Waals surface area contributed by atoms with E-state index in [4.69, 9.17) is 9.97 Å². The maximum atomic E-state index is 4.74. The van der Waals surface area contributed by atoms with Gasteiger partial charge in [-0.15, -0.1) is 0 Å². The van der Waals surface area contributed by atoms with Crippen molar-refractivity contribution in [1.29, 1.82) is 0 Å². The smallest absolute Gasteiger partial charge is 0.0684 e. The first-order valence-corrected chi connectivity index (χ1v) is 5.60. The molecular formula is C13H20N2. The highest BCUT2D eigenvalue weighted by Gasteiger charge is 2.44. The van der Waals surface area contributed by atoms with Crippen molar-refractivity contribution in [2.45, 2.75) is 58.8 Å². The van der Waals surface area contributed by atoms with Crippen molar-refractivity contribution in [1.82, 2.24) is 9.97 Å². The monoisotopic (exact) mass is 204 g/mol. The van der Waals surface area contributed by atoms with Gasteiger partial charge in [0.1, 0.15) is 0 Å². The number of hydrogen-bond donors (Lipinski definition) is 0. The third-order valence-electron chi connectivity index (χ3n) is 3.47. The summed E-state index contributed by atoms with van der Waals surface area (Å²) in [6, 6.07) is 0. The zero-order chi connectivity index (χ0) is 11.4. The number of nitrogens with zero attached hydrogens (tertiary/aromatic N) is 2. The van der Waals surface area contributed by atoms with Gasteiger partial charge in [0.25, 0.3) is 0 Å². The van der Waals surface area contributed by atoms with Crippen molar-refractivity contribution in [2.24, 2.45) is 0 Å². The fourth-order valence-corrected chi connectivity index (χ4v) is 2.82. The van der Waals surface area contributed by atoms with E-state index in [1.807, 2.05) is 13.8 Å². The summed E-state index contributed by atoms with van der Waals surface area (Å²) in [5, 5.41) is 0. The second kappa shape index (κ2) is 2.81. The Balaban J connectivity index is 2.71. The zero-order valence-electron chi connectivity index (χ0n) is 10.6. The summed E-state index contributed by atoms with van der Waals surface area (Å²) in [5.41, 5.74) is 4.89. The molecule has 2 nitrogen and oxygen atoms in total. The van der Waals surface area contributed by atoms with Gasteiger partial charge in [-0.3, -0.25) is 9.97 Å². The Morgan fingerprint density at radius 3 is 1.47 bits per heavy atom. The molecule has 2 rings (SSSR count). The van der Waals surface area contributed by atoms with E-state index >= 15 is 0 Å². The van der Waals surface area contributed by atoms with Crippen LogP contribution in [0.15, 0.2) is 0 Å². The summed E-state index contributed by atoms with van der Waals surface area (Å²) in [4.78, 5) is 9.48. The van der Waals surface area contributed by atoms with Gasteiger partial charge in [-0.05, 0) is 20.3 Å². The van der Waals surface area contributed by atoms with Gasteiger partial charge in [0.05, 0.1) is 22.8 Å². The highest BCUT2D eigenvalue weighted by molar-refractivity contribution is 5.36. The molecule has 0 saturated heterocycles. The van der Waals surface area contributed by atoms with Crippen LogP contribution in [0.2, 0.25) is 0 Å². The minimum absolute atomic E-state index is 0.171. The van der Waals surface area contributed by atoms with E-state index in [1.165, 1.54) is 11.4 Å². The van der Waals surface area contributed by atoms with Gasteiger partial charge in [0.2, 0.25) is 0 Å². The Morgan fingerprint density at radius 2 is 1.13 bits per heavy atom. The molecule has 1 aromatic heterocycles. The molecule has 0 bridgehead atoms. The lowest BCUT2D eigenvalue weighted by molar-refractivity contribution is 0.396. The van der Waals surface area contributed by atoms with Crippen molar-refractivity contribution in [3.63, 3.8) is 0 Å². The van der Waals surface area contributed by atoms with Crippen LogP contribution in [0.25, 0.3) is 0 Å². The second-order valence-corrected chi connectivity index (χ2v) is 6.04. The lowest BCUT2D eigenvalue weighted by Crippen LogP contribution is -2.18. The predicted octanol–water partition coefficient (Wildman–Crippen LogP) is 3.05. The zero-order valence-corrected chi connectivity index (χ0v) is 10.6. The molecule has 0 unspecified atom stereocenters. The van der Waals surface area contributed by atoms with E-state index in [-0.39, 0.29) is 10.8 Å². The molecule has 0 amide bonds. The van der Waals surface area contributed by atoms with E-state index < -0.39 is 0 Å². The minimum Gasteiger partial charge on any atom is -0.254 e. The molecule has 0 saturated carbocycles. The number of aryl methyl sites for hydroxylation is 2. The number of hydrogen-bond acceptors (Lipinski definition) is 2. The molecule has 1 aliphatic rings. The Bertz CT molecular complexity index is 378. The Kier molecular flexibility index (Phi) is 1.98. The largest absolute Gasteiger partial charge is 0.254 e. The Hall–Kier alpha value is -0.920. The van der Waals surface area contributed by atoms with Crippen LogP contribution in [-0.4, -0.2) is 9.97 Å². The maximum absolute atomic E-state index is 4.74. The summed E-state index contributed by atoms with van der Waals surface area (Å²) in [6.07, 6.45) is 1.14. The SMILES string of the molecule is Cc1nc2c(nc1C)C(C)(C)CC2(C)C. The highest BCUT2D eigenvalue weighted by Crippen LogP contribution is 2.47. The molecule has 1 aliphatic carbocycles. The Labute approximate surface area is 92.1 Å². The van der Waals surface area contributed by atoms with Crippen molar-refractivity contribution in [3.8, 4) is 0 Å². The van der Waals surface area contributed by atoms with E-state index in [0.717, 1.165) is 17.8 Å². The molecule has 82 valence electrons. The standard InChI is InChI=1S/C13H20N2/c1-8-9(2)15-11-10(14-8)12(3,4)7-13(11,5)6/h7H2,1-6H3. The average molecular weight is 204 g/mol. The molecular weight excluding hydrogens is 184 g/mol. The van der Waals surface area contributed by atoms with Crippen LogP contribution in [0.4, 0.5) is 0 Å². The predicted molar refractivity (Wildman–Crippen MR) is 62.2 cm³/mol. The third-order valence-corrected chi connectivity index (χ3v) is 3.47. The molecule has 0 aliphatic heterocycles. The normalized spacial score (nSPS) is 21.5. The number of rotatable bonds is 0. The van der Waals surface area contributed by atoms with E-state index in [9.17, 15) is 0 Å². The topological polar surface area (TPSA) is 25.8 Å². The first-order valence-electron chi connectivity index (χ1n) is 5.60. The molecule has 2 heteroatoms. The molecule has 0 aromatic carbocycles. The van der Waals surface area contributed by atoms with Crippen molar-refractivity contribution < 1.29 is 0 Å². The first kappa shape index (κ1) is 10.6. The minimum atomic E-state index is 0.171. The fourth-order valence-electron chi connectivity index (χ4n) is 2.82. The summed E-state index contributed by atoms with van der Waals surface area (Å²) in [5.74, 6) is 0. The summed E-state index contributed by atoms with van der Waals surface area (Å²) in [6.45, 7) is 13.2. The highest BCUT2D eigenvalue weighted by atomic mass is 14.9. The molecule has 0 spiro atoms. The van der Waals surface area contributed by atoms with Gasteiger partial charge >= 0.3 is 0 Å². The lowest BCUT2D eigenvalue weighted by atomic mass is 9.83. The van der Waals surface area contributed by atoms with Crippen LogP contribution >= 0.6 is 0 Å². The maximum Gasteiger partial charge on any atom is 0.0684 e. The van der Waals surface area contributed by atoms with E-state index in [1.54, 1.807) is 0 Å². The first-order chi connectivity index (χ1) is 6.74. The lowest BCUT2D eigenvalue weighted by Gasteiger charge is -2.21. The van der Waals surface area contributed by atoms with Gasteiger partial charge in [-0.2, -0.15) is 0 Å². The van der Waals surface area contributed by atoms with Gasteiger partial charge in [0.15, 0.2) is 0 Å². The molecule has 1 aromatic rings. The van der Waals surface area contributed by atoms with Crippen LogP contribution in [-0.2, 0) is 10.8 Å². The van der Waals surface area contributed by atoms with Crippen LogP contribution in [0.3, 0.4) is 0 Å². The van der Waals surface area contributed by atoms with Crippen molar-refractivity contribution >= 4 is 0 Å². The van der Waals surface area contributed by atoms with Gasteiger partial charge in [-0.1, -0.05) is 27.7 Å².